The third kappa shape index (κ3) is 5.51. The van der Waals surface area contributed by atoms with Crippen molar-refractivity contribution in [3.8, 4) is 0 Å². The molecule has 3 aromatic rings. The summed E-state index contributed by atoms with van der Waals surface area (Å²) in [5, 5.41) is 1.24. The van der Waals surface area contributed by atoms with Gasteiger partial charge in [0.05, 0.1) is 16.7 Å². The van der Waals surface area contributed by atoms with Crippen LogP contribution in [-0.4, -0.2) is 32.7 Å². The van der Waals surface area contributed by atoms with Gasteiger partial charge in [0.15, 0.2) is 5.16 Å². The largest absolute Gasteiger partial charge is 0.338 e. The van der Waals surface area contributed by atoms with Crippen LogP contribution < -0.4 is 5.56 Å². The number of amides is 1. The Labute approximate surface area is 182 Å². The van der Waals surface area contributed by atoms with Gasteiger partial charge in [0.1, 0.15) is 0 Å². The summed E-state index contributed by atoms with van der Waals surface area (Å²) in [6.07, 6.45) is 0.885. The molecule has 0 aliphatic carbocycles. The molecule has 0 saturated heterocycles. The molecule has 158 valence electrons. The minimum absolute atomic E-state index is 0.0344. The average molecular weight is 424 g/mol. The van der Waals surface area contributed by atoms with Crippen LogP contribution in [0.5, 0.6) is 0 Å². The van der Waals surface area contributed by atoms with Gasteiger partial charge < -0.3 is 4.90 Å². The molecule has 1 heterocycles. The fraction of sp³-hybridized carbons (Fsp3) is 0.375. The Bertz CT molecular complexity index is 1050. The number of rotatable bonds is 9. The predicted octanol–water partition coefficient (Wildman–Crippen LogP) is 4.58. The van der Waals surface area contributed by atoms with Gasteiger partial charge in [-0.05, 0) is 37.0 Å². The lowest BCUT2D eigenvalue weighted by Gasteiger charge is -2.21. The van der Waals surface area contributed by atoms with Gasteiger partial charge in [0, 0.05) is 19.6 Å². The second kappa shape index (κ2) is 10.4. The maximum Gasteiger partial charge on any atom is 0.262 e. The third-order valence-electron chi connectivity index (χ3n) is 5.03. The minimum atomic E-state index is -0.0344. The van der Waals surface area contributed by atoms with E-state index in [2.05, 4.69) is 13.8 Å². The van der Waals surface area contributed by atoms with Crippen molar-refractivity contribution in [3.63, 3.8) is 0 Å². The first-order valence-corrected chi connectivity index (χ1v) is 11.4. The zero-order valence-electron chi connectivity index (χ0n) is 17.9. The summed E-state index contributed by atoms with van der Waals surface area (Å²) in [6.45, 7) is 8.09. The molecule has 0 N–H and O–H groups in total. The maximum atomic E-state index is 13.1. The molecular formula is C24H29N3O2S. The fourth-order valence-corrected chi connectivity index (χ4v) is 4.17. The normalized spacial score (nSPS) is 11.2. The van der Waals surface area contributed by atoms with Gasteiger partial charge in [-0.2, -0.15) is 0 Å². The second-order valence-corrected chi connectivity index (χ2v) is 8.68. The van der Waals surface area contributed by atoms with Crippen LogP contribution in [-0.2, 0) is 17.9 Å². The minimum Gasteiger partial charge on any atom is -0.338 e. The molecule has 3 rings (SSSR count). The van der Waals surface area contributed by atoms with Crippen LogP contribution in [0.2, 0.25) is 0 Å². The molecule has 0 aliphatic rings. The first kappa shape index (κ1) is 22.1. The summed E-state index contributed by atoms with van der Waals surface area (Å²) in [7, 11) is 0. The summed E-state index contributed by atoms with van der Waals surface area (Å²) in [6, 6.07) is 17.4. The molecule has 6 heteroatoms. The van der Waals surface area contributed by atoms with Gasteiger partial charge in [-0.3, -0.25) is 14.2 Å². The van der Waals surface area contributed by atoms with Crippen molar-refractivity contribution >= 4 is 28.6 Å². The van der Waals surface area contributed by atoms with Crippen LogP contribution in [0.25, 0.3) is 10.9 Å². The number of aromatic nitrogens is 2. The molecule has 0 aliphatic heterocycles. The van der Waals surface area contributed by atoms with Gasteiger partial charge in [0.2, 0.25) is 5.91 Å². The van der Waals surface area contributed by atoms with Crippen molar-refractivity contribution in [2.24, 2.45) is 5.92 Å². The van der Waals surface area contributed by atoms with E-state index in [1.54, 1.807) is 4.57 Å². The lowest BCUT2D eigenvalue weighted by molar-refractivity contribution is -0.128. The van der Waals surface area contributed by atoms with Crippen LogP contribution in [0.3, 0.4) is 0 Å². The molecule has 2 aromatic carbocycles. The van der Waals surface area contributed by atoms with Crippen molar-refractivity contribution in [1.82, 2.24) is 14.5 Å². The van der Waals surface area contributed by atoms with E-state index in [9.17, 15) is 9.59 Å². The quantitative estimate of drug-likeness (QED) is 0.373. The highest BCUT2D eigenvalue weighted by atomic mass is 32.2. The van der Waals surface area contributed by atoms with Gasteiger partial charge in [0.25, 0.3) is 5.56 Å². The first-order chi connectivity index (χ1) is 14.5. The molecule has 0 bridgehead atoms. The predicted molar refractivity (Wildman–Crippen MR) is 124 cm³/mol. The number of carbonyl (C=O) groups excluding carboxylic acids is 1. The molecule has 0 unspecified atom stereocenters. The lowest BCUT2D eigenvalue weighted by Crippen LogP contribution is -2.32. The van der Waals surface area contributed by atoms with Crippen molar-refractivity contribution in [1.29, 1.82) is 0 Å². The molecule has 0 fully saturated rings. The first-order valence-electron chi connectivity index (χ1n) is 10.4. The van der Waals surface area contributed by atoms with Gasteiger partial charge in [-0.25, -0.2) is 4.98 Å². The summed E-state index contributed by atoms with van der Waals surface area (Å²) in [5.41, 5.74) is 1.75. The Morgan fingerprint density at radius 2 is 1.80 bits per heavy atom. The van der Waals surface area contributed by atoms with Gasteiger partial charge >= 0.3 is 0 Å². The van der Waals surface area contributed by atoms with Crippen LogP contribution in [0, 0.1) is 5.92 Å². The van der Waals surface area contributed by atoms with E-state index in [0.717, 1.165) is 12.0 Å². The number of thioether (sulfide) groups is 1. The number of nitrogens with zero attached hydrogens (tertiary/aromatic N) is 3. The number of carbonyl (C=O) groups is 1. The van der Waals surface area contributed by atoms with Crippen LogP contribution in [0.4, 0.5) is 0 Å². The Hall–Kier alpha value is -2.60. The van der Waals surface area contributed by atoms with E-state index in [1.807, 2.05) is 66.4 Å². The van der Waals surface area contributed by atoms with Crippen molar-refractivity contribution in [3.05, 3.63) is 70.5 Å². The zero-order valence-corrected chi connectivity index (χ0v) is 18.7. The highest BCUT2D eigenvalue weighted by Gasteiger charge is 2.17. The van der Waals surface area contributed by atoms with Gasteiger partial charge in [-0.15, -0.1) is 0 Å². The number of benzene rings is 2. The molecule has 0 spiro atoms. The molecule has 0 radical (unpaired) electrons. The lowest BCUT2D eigenvalue weighted by atomic mass is 10.1. The van der Waals surface area contributed by atoms with E-state index < -0.39 is 0 Å². The van der Waals surface area contributed by atoms with E-state index in [4.69, 9.17) is 4.98 Å². The second-order valence-electron chi connectivity index (χ2n) is 7.73. The molecule has 1 amide bonds. The topological polar surface area (TPSA) is 55.2 Å². The summed E-state index contributed by atoms with van der Waals surface area (Å²) in [4.78, 5) is 32.5. The van der Waals surface area contributed by atoms with E-state index >= 15 is 0 Å². The Kier molecular flexibility index (Phi) is 7.69. The zero-order chi connectivity index (χ0) is 21.5. The molecule has 0 saturated carbocycles. The fourth-order valence-electron chi connectivity index (χ4n) is 3.24. The molecule has 0 atom stereocenters. The molecule has 1 aromatic heterocycles. The van der Waals surface area contributed by atoms with Crippen LogP contribution >= 0.6 is 11.8 Å². The molecule has 30 heavy (non-hydrogen) atoms. The van der Waals surface area contributed by atoms with E-state index in [1.165, 1.54) is 11.8 Å². The van der Waals surface area contributed by atoms with Gasteiger partial charge in [-0.1, -0.05) is 68.1 Å². The average Bonchev–Trinajstić information content (AvgIpc) is 2.76. The Morgan fingerprint density at radius 3 is 2.50 bits per heavy atom. The summed E-state index contributed by atoms with van der Waals surface area (Å²) in [5.74, 6) is 0.779. The third-order valence-corrected chi connectivity index (χ3v) is 5.99. The number of fused-ring (bicyclic) bond motifs is 1. The van der Waals surface area contributed by atoms with Crippen molar-refractivity contribution in [2.75, 3.05) is 12.3 Å². The number of para-hydroxylation sites is 1. The van der Waals surface area contributed by atoms with E-state index in [-0.39, 0.29) is 17.2 Å². The highest BCUT2D eigenvalue weighted by Crippen LogP contribution is 2.20. The monoisotopic (exact) mass is 423 g/mol. The SMILES string of the molecule is CCN(Cc1ccccc1)C(=O)CSc1nc2ccccc2c(=O)n1CCC(C)C. The summed E-state index contributed by atoms with van der Waals surface area (Å²) >= 11 is 1.35. The van der Waals surface area contributed by atoms with Crippen molar-refractivity contribution in [2.45, 2.75) is 45.4 Å². The highest BCUT2D eigenvalue weighted by molar-refractivity contribution is 7.99. The maximum absolute atomic E-state index is 13.1. The standard InChI is InChI=1S/C24H29N3O2S/c1-4-26(16-19-10-6-5-7-11-19)22(28)17-30-24-25-21-13-9-8-12-20(21)23(29)27(24)15-14-18(2)3/h5-13,18H,4,14-17H2,1-3H3. The Morgan fingerprint density at radius 1 is 1.10 bits per heavy atom. The van der Waals surface area contributed by atoms with Crippen molar-refractivity contribution < 1.29 is 4.79 Å². The number of hydrogen-bond acceptors (Lipinski definition) is 4. The van der Waals surface area contributed by atoms with Crippen LogP contribution in [0.1, 0.15) is 32.8 Å². The van der Waals surface area contributed by atoms with Crippen LogP contribution in [0.15, 0.2) is 64.5 Å². The smallest absolute Gasteiger partial charge is 0.262 e. The molecule has 5 nitrogen and oxygen atoms in total. The molecular weight excluding hydrogens is 394 g/mol. The Balaban J connectivity index is 1.80. The number of hydrogen-bond donors (Lipinski definition) is 0. The summed E-state index contributed by atoms with van der Waals surface area (Å²) < 4.78 is 1.73. The van der Waals surface area contributed by atoms with E-state index in [0.29, 0.717) is 41.6 Å².